The minimum atomic E-state index is -4.02. The van der Waals surface area contributed by atoms with Gasteiger partial charge >= 0.3 is 5.97 Å². The van der Waals surface area contributed by atoms with Crippen LogP contribution in [0.2, 0.25) is 0 Å². The quantitative estimate of drug-likeness (QED) is 0.590. The van der Waals surface area contributed by atoms with Crippen molar-refractivity contribution in [1.29, 1.82) is 0 Å². The van der Waals surface area contributed by atoms with Crippen LogP contribution < -0.4 is 4.74 Å². The van der Waals surface area contributed by atoms with Crippen molar-refractivity contribution in [3.63, 3.8) is 0 Å². The van der Waals surface area contributed by atoms with Gasteiger partial charge in [0.25, 0.3) is 9.05 Å². The van der Waals surface area contributed by atoms with Crippen molar-refractivity contribution in [2.45, 2.75) is 38.7 Å². The molecule has 1 rings (SSSR count). The Labute approximate surface area is 129 Å². The molecule has 1 unspecified atom stereocenters. The van der Waals surface area contributed by atoms with Crippen molar-refractivity contribution >= 4 is 25.7 Å². The number of ether oxygens (including phenoxy) is 2. The average molecular weight is 335 g/mol. The summed E-state index contributed by atoms with van der Waals surface area (Å²) in [6.45, 7) is 7.62. The Morgan fingerprint density at radius 1 is 1.29 bits per heavy atom. The third-order valence-corrected chi connectivity index (χ3v) is 4.32. The summed E-state index contributed by atoms with van der Waals surface area (Å²) in [6, 6.07) is 4.02. The highest BCUT2D eigenvalue weighted by molar-refractivity contribution is 8.13. The van der Waals surface area contributed by atoms with Gasteiger partial charge in [0.1, 0.15) is 16.7 Å². The molecule has 7 heteroatoms. The predicted octanol–water partition coefficient (Wildman–Crippen LogP) is 3.21. The summed E-state index contributed by atoms with van der Waals surface area (Å²) in [5.41, 5.74) is 0.116. The fourth-order valence-electron chi connectivity index (χ4n) is 1.47. The average Bonchev–Trinajstić information content (AvgIpc) is 2.37. The number of esters is 1. The fourth-order valence-corrected chi connectivity index (χ4v) is 2.47. The molecule has 0 N–H and O–H groups in total. The van der Waals surface area contributed by atoms with E-state index < -0.39 is 15.0 Å². The summed E-state index contributed by atoms with van der Waals surface area (Å²) in [6.07, 6.45) is -0.278. The number of carbonyl (C=O) groups is 1. The van der Waals surface area contributed by atoms with E-state index >= 15 is 0 Å². The minimum Gasteiger partial charge on any atom is -0.492 e. The van der Waals surface area contributed by atoms with Crippen molar-refractivity contribution in [1.82, 2.24) is 0 Å². The molecule has 0 amide bonds. The van der Waals surface area contributed by atoms with E-state index in [2.05, 4.69) is 0 Å². The van der Waals surface area contributed by atoms with E-state index in [1.807, 2.05) is 13.8 Å². The molecule has 0 saturated heterocycles. The first-order chi connectivity index (χ1) is 9.66. The lowest BCUT2D eigenvalue weighted by Gasteiger charge is -2.17. The monoisotopic (exact) mass is 334 g/mol. The van der Waals surface area contributed by atoms with Crippen molar-refractivity contribution in [3.05, 3.63) is 23.8 Å². The maximum absolute atomic E-state index is 12.0. The van der Waals surface area contributed by atoms with Crippen LogP contribution in [0.25, 0.3) is 0 Å². The highest BCUT2D eigenvalue weighted by atomic mass is 35.7. The summed E-state index contributed by atoms with van der Waals surface area (Å²) in [5.74, 6) is -0.324. The van der Waals surface area contributed by atoms with Crippen LogP contribution in [-0.2, 0) is 13.8 Å². The first-order valence-electron chi connectivity index (χ1n) is 6.59. The van der Waals surface area contributed by atoms with Gasteiger partial charge < -0.3 is 9.47 Å². The van der Waals surface area contributed by atoms with Crippen LogP contribution in [0.4, 0.5) is 0 Å². The lowest BCUT2D eigenvalue weighted by Crippen LogP contribution is -2.20. The third kappa shape index (κ3) is 4.89. The van der Waals surface area contributed by atoms with Crippen molar-refractivity contribution in [2.24, 2.45) is 5.92 Å². The Hall–Kier alpha value is -1.27. The molecule has 0 saturated carbocycles. The zero-order chi connectivity index (χ0) is 16.2. The van der Waals surface area contributed by atoms with E-state index in [0.717, 1.165) is 0 Å². The van der Waals surface area contributed by atoms with Gasteiger partial charge in [-0.25, -0.2) is 13.2 Å². The number of carbonyl (C=O) groups excluding carboxylic acids is 1. The van der Waals surface area contributed by atoms with Gasteiger partial charge in [-0.3, -0.25) is 0 Å². The van der Waals surface area contributed by atoms with E-state index in [1.165, 1.54) is 18.2 Å². The molecule has 0 spiro atoms. The predicted molar refractivity (Wildman–Crippen MR) is 80.4 cm³/mol. The molecule has 1 atom stereocenters. The smallest absolute Gasteiger partial charge is 0.338 e. The van der Waals surface area contributed by atoms with Crippen molar-refractivity contribution < 1.29 is 22.7 Å². The van der Waals surface area contributed by atoms with E-state index in [-0.39, 0.29) is 34.8 Å². The highest BCUT2D eigenvalue weighted by Crippen LogP contribution is 2.28. The maximum atomic E-state index is 12.0. The number of rotatable bonds is 6. The molecule has 0 aromatic heterocycles. The summed E-state index contributed by atoms with van der Waals surface area (Å²) < 4.78 is 33.6. The normalized spacial score (nSPS) is 13.0. The van der Waals surface area contributed by atoms with Gasteiger partial charge in [-0.15, -0.1) is 0 Å². The molecule has 0 bridgehead atoms. The van der Waals surface area contributed by atoms with Crippen LogP contribution in [0.1, 0.15) is 38.1 Å². The SMILES string of the molecule is CCOc1ccc(C(=O)OC(C)C(C)C)cc1S(=O)(=O)Cl. The first kappa shape index (κ1) is 17.8. The Balaban J connectivity index is 3.14. The molecule has 0 fully saturated rings. The lowest BCUT2D eigenvalue weighted by molar-refractivity contribution is 0.0237. The van der Waals surface area contributed by atoms with Crippen LogP contribution in [0, 0.1) is 5.92 Å². The van der Waals surface area contributed by atoms with E-state index in [0.29, 0.717) is 0 Å². The molecule has 0 aliphatic heterocycles. The van der Waals surface area contributed by atoms with Gasteiger partial charge in [-0.05, 0) is 38.0 Å². The Morgan fingerprint density at radius 3 is 2.38 bits per heavy atom. The molecule has 1 aromatic rings. The van der Waals surface area contributed by atoms with Gasteiger partial charge in [0.05, 0.1) is 12.2 Å². The van der Waals surface area contributed by atoms with Gasteiger partial charge in [0.15, 0.2) is 0 Å². The fraction of sp³-hybridized carbons (Fsp3) is 0.500. The molecule has 118 valence electrons. The van der Waals surface area contributed by atoms with Crippen molar-refractivity contribution in [3.8, 4) is 5.75 Å². The molecule has 0 radical (unpaired) electrons. The van der Waals surface area contributed by atoms with Gasteiger partial charge in [0.2, 0.25) is 0 Å². The maximum Gasteiger partial charge on any atom is 0.338 e. The molecule has 0 heterocycles. The van der Waals surface area contributed by atoms with Crippen LogP contribution in [0.5, 0.6) is 5.75 Å². The van der Waals surface area contributed by atoms with E-state index in [1.54, 1.807) is 13.8 Å². The van der Waals surface area contributed by atoms with Crippen LogP contribution in [0.3, 0.4) is 0 Å². The summed E-state index contributed by atoms with van der Waals surface area (Å²) >= 11 is 0. The Kier molecular flexibility index (Phi) is 6.04. The summed E-state index contributed by atoms with van der Waals surface area (Å²) in [7, 11) is 1.36. The third-order valence-electron chi connectivity index (χ3n) is 2.97. The molecule has 0 aliphatic rings. The number of halogens is 1. The van der Waals surface area contributed by atoms with Crippen LogP contribution in [-0.4, -0.2) is 27.1 Å². The van der Waals surface area contributed by atoms with Gasteiger partial charge in [-0.2, -0.15) is 0 Å². The molecule has 1 aromatic carbocycles. The van der Waals surface area contributed by atoms with E-state index in [4.69, 9.17) is 20.2 Å². The number of hydrogen-bond acceptors (Lipinski definition) is 5. The molecule has 5 nitrogen and oxygen atoms in total. The second-order valence-electron chi connectivity index (χ2n) is 4.89. The molecular formula is C14H19ClO5S. The molecule has 21 heavy (non-hydrogen) atoms. The number of hydrogen-bond donors (Lipinski definition) is 0. The summed E-state index contributed by atoms with van der Waals surface area (Å²) in [5, 5.41) is 0. The zero-order valence-corrected chi connectivity index (χ0v) is 14.0. The second-order valence-corrected chi connectivity index (χ2v) is 7.42. The Morgan fingerprint density at radius 2 is 1.90 bits per heavy atom. The van der Waals surface area contributed by atoms with Crippen molar-refractivity contribution in [2.75, 3.05) is 6.61 Å². The zero-order valence-electron chi connectivity index (χ0n) is 12.4. The van der Waals surface area contributed by atoms with Crippen LogP contribution in [0.15, 0.2) is 23.1 Å². The van der Waals surface area contributed by atoms with Gasteiger partial charge in [-0.1, -0.05) is 13.8 Å². The summed E-state index contributed by atoms with van der Waals surface area (Å²) in [4.78, 5) is 11.8. The molecule has 0 aliphatic carbocycles. The largest absolute Gasteiger partial charge is 0.492 e. The highest BCUT2D eigenvalue weighted by Gasteiger charge is 2.21. The standard InChI is InChI=1S/C14H19ClO5S/c1-5-19-12-7-6-11(8-13(12)21(15,17)18)14(16)20-10(4)9(2)3/h6-10H,5H2,1-4H3. The van der Waals surface area contributed by atoms with E-state index in [9.17, 15) is 13.2 Å². The first-order valence-corrected chi connectivity index (χ1v) is 8.90. The lowest BCUT2D eigenvalue weighted by atomic mass is 10.1. The van der Waals surface area contributed by atoms with Crippen LogP contribution >= 0.6 is 10.7 Å². The minimum absolute atomic E-state index is 0.112. The number of benzene rings is 1. The van der Waals surface area contributed by atoms with Gasteiger partial charge in [0, 0.05) is 10.7 Å². The second kappa shape index (κ2) is 7.13. The Bertz CT molecular complexity index is 610. The topological polar surface area (TPSA) is 69.7 Å². The molecular weight excluding hydrogens is 316 g/mol.